The number of hydrogen-bond acceptors (Lipinski definition) is 1. The summed E-state index contributed by atoms with van der Waals surface area (Å²) in [6, 6.07) is 24.5. The van der Waals surface area contributed by atoms with Gasteiger partial charge in [0.05, 0.1) is 5.41 Å². The van der Waals surface area contributed by atoms with Gasteiger partial charge in [-0.25, -0.2) is 0 Å². The molecule has 44 heavy (non-hydrogen) atoms. The quantitative estimate of drug-likeness (QED) is 0.265. The van der Waals surface area contributed by atoms with Crippen LogP contribution in [0.15, 0.2) is 149 Å². The third-order valence-electron chi connectivity index (χ3n) is 8.50. The summed E-state index contributed by atoms with van der Waals surface area (Å²) in [6.45, 7) is 22.7. The summed E-state index contributed by atoms with van der Waals surface area (Å²) in [5.41, 5.74) is 14.5. The molecule has 0 unspecified atom stereocenters. The highest BCUT2D eigenvalue weighted by Gasteiger charge is 2.51. The Morgan fingerprint density at radius 1 is 0.795 bits per heavy atom. The molecule has 0 saturated carbocycles. The van der Waals surface area contributed by atoms with Gasteiger partial charge in [-0.15, -0.1) is 0 Å². The summed E-state index contributed by atoms with van der Waals surface area (Å²) >= 11 is 1.85. The van der Waals surface area contributed by atoms with E-state index in [1.54, 1.807) is 0 Å². The predicted octanol–water partition coefficient (Wildman–Crippen LogP) is 13.0. The van der Waals surface area contributed by atoms with Crippen LogP contribution in [0, 0.1) is 0 Å². The van der Waals surface area contributed by atoms with Crippen molar-refractivity contribution in [2.24, 2.45) is 0 Å². The fraction of sp³-hybridized carbons (Fsp3) is 0.209. The zero-order valence-corrected chi connectivity index (χ0v) is 28.3. The van der Waals surface area contributed by atoms with Gasteiger partial charge in [-0.2, -0.15) is 0 Å². The Labute approximate surface area is 270 Å². The van der Waals surface area contributed by atoms with E-state index in [2.05, 4.69) is 157 Å². The van der Waals surface area contributed by atoms with Crippen LogP contribution in [0.5, 0.6) is 0 Å². The maximum Gasteiger partial charge on any atom is 0.0722 e. The number of fused-ring (bicyclic) bond motifs is 7. The standard InChI is InChI=1S/C30H26.C11H14S.C2H6/c1-5-13-21(6-2)22-16-12-19-28-29(22)20(4)25(7-3)30(28)26-17-10-8-14-23(26)24-15-9-11-18-27(24)30;1-4-6-10-8-9(3)11(12-10)7-5-2;1-2/h5-19H,3H2,1-2,4H3;4-7H,1,8H2,2-3H3;1-2H3/b13-5-,21-6+;7-5-,10-6+;. The van der Waals surface area contributed by atoms with Crippen LogP contribution >= 0.6 is 11.8 Å². The summed E-state index contributed by atoms with van der Waals surface area (Å²) in [7, 11) is 0. The van der Waals surface area contributed by atoms with E-state index in [9.17, 15) is 0 Å². The van der Waals surface area contributed by atoms with E-state index in [0.29, 0.717) is 0 Å². The topological polar surface area (TPSA) is 0 Å². The summed E-state index contributed by atoms with van der Waals surface area (Å²) in [6.07, 6.45) is 17.9. The molecule has 1 heterocycles. The molecular weight excluding hydrogens is 549 g/mol. The zero-order valence-electron chi connectivity index (χ0n) is 27.5. The molecule has 0 fully saturated rings. The van der Waals surface area contributed by atoms with Gasteiger partial charge in [-0.1, -0.05) is 160 Å². The van der Waals surface area contributed by atoms with Crippen molar-refractivity contribution in [1.82, 2.24) is 0 Å². The van der Waals surface area contributed by atoms with Gasteiger partial charge >= 0.3 is 0 Å². The maximum absolute atomic E-state index is 4.29. The number of hydrogen-bond donors (Lipinski definition) is 0. The lowest BCUT2D eigenvalue weighted by Crippen LogP contribution is -2.26. The van der Waals surface area contributed by atoms with E-state index in [1.807, 2.05) is 31.7 Å². The Morgan fingerprint density at radius 3 is 1.95 bits per heavy atom. The molecule has 0 radical (unpaired) electrons. The van der Waals surface area contributed by atoms with Gasteiger partial charge in [0.1, 0.15) is 0 Å². The SMILES string of the molecule is C=C/C=C1\CC(C)=C(/C=C\C)S1.C=CC1=C(C)c2c(C(/C=C\C)=C/C)cccc2C12c1ccccc1-c1ccccc12.CC. The minimum absolute atomic E-state index is 0.293. The molecule has 0 bridgehead atoms. The number of benzene rings is 3. The molecule has 1 heteroatoms. The number of allylic oxidation sites excluding steroid dienone is 13. The summed E-state index contributed by atoms with van der Waals surface area (Å²) in [5, 5.41) is 0. The van der Waals surface area contributed by atoms with Gasteiger partial charge in [0.2, 0.25) is 0 Å². The van der Waals surface area contributed by atoms with Crippen molar-refractivity contribution in [3.63, 3.8) is 0 Å². The van der Waals surface area contributed by atoms with Crippen molar-refractivity contribution in [3.05, 3.63) is 177 Å². The Bertz CT molecular complexity index is 1700. The van der Waals surface area contributed by atoms with Crippen LogP contribution in [0.2, 0.25) is 0 Å². The van der Waals surface area contributed by atoms with E-state index in [-0.39, 0.29) is 5.41 Å². The summed E-state index contributed by atoms with van der Waals surface area (Å²) in [5.74, 6) is 0. The molecule has 0 saturated heterocycles. The lowest BCUT2D eigenvalue weighted by Gasteiger charge is -2.31. The third kappa shape index (κ3) is 5.51. The fourth-order valence-electron chi connectivity index (χ4n) is 6.88. The first-order valence-corrected chi connectivity index (χ1v) is 16.6. The Morgan fingerprint density at radius 2 is 1.41 bits per heavy atom. The van der Waals surface area contributed by atoms with E-state index < -0.39 is 0 Å². The highest BCUT2D eigenvalue weighted by Crippen LogP contribution is 2.62. The molecule has 0 nitrogen and oxygen atoms in total. The zero-order chi connectivity index (χ0) is 31.9. The van der Waals surface area contributed by atoms with Crippen molar-refractivity contribution < 1.29 is 0 Å². The van der Waals surface area contributed by atoms with Gasteiger partial charge < -0.3 is 0 Å². The van der Waals surface area contributed by atoms with Crippen LogP contribution < -0.4 is 0 Å². The maximum atomic E-state index is 4.29. The molecule has 2 aliphatic carbocycles. The molecule has 224 valence electrons. The molecular formula is C43H46S. The van der Waals surface area contributed by atoms with Gasteiger partial charge in [0, 0.05) is 11.3 Å². The van der Waals surface area contributed by atoms with Crippen molar-refractivity contribution >= 4 is 22.9 Å². The van der Waals surface area contributed by atoms with E-state index in [4.69, 9.17) is 0 Å². The number of rotatable bonds is 5. The molecule has 0 amide bonds. The first kappa shape index (κ1) is 32.8. The largest absolute Gasteiger partial charge is 0.0990 e. The van der Waals surface area contributed by atoms with Crippen molar-refractivity contribution in [1.29, 1.82) is 0 Å². The second kappa shape index (κ2) is 14.6. The van der Waals surface area contributed by atoms with Crippen LogP contribution in [0.1, 0.15) is 82.7 Å². The number of thioether (sulfide) groups is 1. The second-order valence-electron chi connectivity index (χ2n) is 10.8. The normalized spacial score (nSPS) is 17.0. The Kier molecular flexibility index (Phi) is 10.9. The monoisotopic (exact) mass is 594 g/mol. The summed E-state index contributed by atoms with van der Waals surface area (Å²) in [4.78, 5) is 2.79. The molecule has 3 aromatic rings. The summed E-state index contributed by atoms with van der Waals surface area (Å²) < 4.78 is 0. The van der Waals surface area contributed by atoms with Gasteiger partial charge in [-0.3, -0.25) is 0 Å². The lowest BCUT2D eigenvalue weighted by atomic mass is 9.69. The van der Waals surface area contributed by atoms with Crippen LogP contribution in [0.25, 0.3) is 22.3 Å². The van der Waals surface area contributed by atoms with Gasteiger partial charge in [-0.05, 0) is 95.2 Å². The third-order valence-corrected chi connectivity index (χ3v) is 9.75. The molecule has 1 spiro atoms. The minimum Gasteiger partial charge on any atom is -0.0990 e. The Balaban J connectivity index is 0.000000266. The molecule has 0 aromatic heterocycles. The molecule has 6 rings (SSSR count). The molecule has 3 aromatic carbocycles. The van der Waals surface area contributed by atoms with E-state index in [1.165, 1.54) is 71.0 Å². The smallest absolute Gasteiger partial charge is 0.0722 e. The van der Waals surface area contributed by atoms with Crippen LogP contribution in [0.3, 0.4) is 0 Å². The Hall–Kier alpha value is -4.07. The van der Waals surface area contributed by atoms with E-state index >= 15 is 0 Å². The molecule has 3 aliphatic rings. The van der Waals surface area contributed by atoms with Crippen molar-refractivity contribution in [2.75, 3.05) is 0 Å². The van der Waals surface area contributed by atoms with Crippen molar-refractivity contribution in [3.8, 4) is 11.1 Å². The first-order chi connectivity index (χ1) is 21.5. The van der Waals surface area contributed by atoms with Crippen LogP contribution in [-0.4, -0.2) is 0 Å². The average molecular weight is 595 g/mol. The van der Waals surface area contributed by atoms with E-state index in [0.717, 1.165) is 6.42 Å². The first-order valence-electron chi connectivity index (χ1n) is 15.8. The fourth-order valence-corrected chi connectivity index (χ4v) is 8.06. The molecule has 0 N–H and O–H groups in total. The highest BCUT2D eigenvalue weighted by atomic mass is 32.2. The average Bonchev–Trinajstić information content (AvgIpc) is 3.65. The second-order valence-corrected chi connectivity index (χ2v) is 12.0. The van der Waals surface area contributed by atoms with Crippen molar-refractivity contribution in [2.45, 2.75) is 60.3 Å². The lowest BCUT2D eigenvalue weighted by molar-refractivity contribution is 0.786. The van der Waals surface area contributed by atoms with Gasteiger partial charge in [0.25, 0.3) is 0 Å². The highest BCUT2D eigenvalue weighted by molar-refractivity contribution is 8.07. The molecule has 1 aliphatic heterocycles. The van der Waals surface area contributed by atoms with Gasteiger partial charge in [0.15, 0.2) is 0 Å². The minimum atomic E-state index is -0.293. The predicted molar refractivity (Wildman–Crippen MR) is 199 cm³/mol. The van der Waals surface area contributed by atoms with Crippen LogP contribution in [0.4, 0.5) is 0 Å². The molecule has 0 atom stereocenters. The van der Waals surface area contributed by atoms with Crippen LogP contribution in [-0.2, 0) is 5.41 Å².